The van der Waals surface area contributed by atoms with Gasteiger partial charge in [-0.3, -0.25) is 9.59 Å². The second-order valence-corrected chi connectivity index (χ2v) is 7.80. The van der Waals surface area contributed by atoms with Gasteiger partial charge in [-0.15, -0.1) is 0 Å². The summed E-state index contributed by atoms with van der Waals surface area (Å²) in [5.74, 6) is 0.545. The molecule has 4 aromatic rings. The molecule has 0 aliphatic carbocycles. The van der Waals surface area contributed by atoms with E-state index in [1.807, 2.05) is 60.4 Å². The fourth-order valence-electron chi connectivity index (χ4n) is 4.47. The van der Waals surface area contributed by atoms with Gasteiger partial charge in [-0.25, -0.2) is 0 Å². The van der Waals surface area contributed by atoms with Gasteiger partial charge in [0, 0.05) is 40.7 Å². The van der Waals surface area contributed by atoms with E-state index in [1.54, 1.807) is 12.3 Å². The average molecular weight is 413 g/mol. The van der Waals surface area contributed by atoms with Crippen LogP contribution in [0, 0.1) is 6.92 Å². The third-order valence-corrected chi connectivity index (χ3v) is 5.89. The Morgan fingerprint density at radius 3 is 2.74 bits per heavy atom. The molecule has 0 radical (unpaired) electrons. The number of amides is 2. The van der Waals surface area contributed by atoms with Gasteiger partial charge >= 0.3 is 0 Å². The molecule has 1 aliphatic heterocycles. The Kier molecular flexibility index (Phi) is 4.82. The number of benzene rings is 2. The predicted molar refractivity (Wildman–Crippen MR) is 118 cm³/mol. The lowest BCUT2D eigenvalue weighted by Gasteiger charge is -2.26. The third kappa shape index (κ3) is 3.40. The lowest BCUT2D eigenvalue weighted by atomic mass is 9.95. The molecule has 1 aliphatic rings. The molecule has 0 saturated heterocycles. The van der Waals surface area contributed by atoms with E-state index in [2.05, 4.69) is 16.4 Å². The molecule has 0 spiro atoms. The third-order valence-electron chi connectivity index (χ3n) is 5.89. The van der Waals surface area contributed by atoms with Gasteiger partial charge in [0.25, 0.3) is 5.91 Å². The number of carbonyl (C=O) groups is 2. The maximum Gasteiger partial charge on any atom is 0.255 e. The molecule has 6 heteroatoms. The molecule has 156 valence electrons. The smallest absolute Gasteiger partial charge is 0.255 e. The van der Waals surface area contributed by atoms with Crippen molar-refractivity contribution < 1.29 is 14.0 Å². The van der Waals surface area contributed by atoms with Crippen molar-refractivity contribution in [2.75, 3.05) is 6.54 Å². The van der Waals surface area contributed by atoms with Crippen LogP contribution in [-0.4, -0.2) is 28.2 Å². The number of carbonyl (C=O) groups excluding carboxylic acids is 2. The minimum atomic E-state index is -0.224. The van der Waals surface area contributed by atoms with Crippen LogP contribution in [0.3, 0.4) is 0 Å². The summed E-state index contributed by atoms with van der Waals surface area (Å²) in [7, 11) is 0. The topological polar surface area (TPSA) is 78.3 Å². The second kappa shape index (κ2) is 7.80. The zero-order valence-corrected chi connectivity index (χ0v) is 17.2. The van der Waals surface area contributed by atoms with Gasteiger partial charge < -0.3 is 19.6 Å². The monoisotopic (exact) mass is 413 g/mol. The molecule has 0 saturated carbocycles. The van der Waals surface area contributed by atoms with E-state index in [0.717, 1.165) is 27.7 Å². The van der Waals surface area contributed by atoms with E-state index in [1.165, 1.54) is 0 Å². The molecule has 2 N–H and O–H groups in total. The van der Waals surface area contributed by atoms with Crippen molar-refractivity contribution in [3.63, 3.8) is 0 Å². The van der Waals surface area contributed by atoms with Crippen LogP contribution in [-0.2, 0) is 11.3 Å². The van der Waals surface area contributed by atoms with Gasteiger partial charge in [0.15, 0.2) is 0 Å². The number of fused-ring (bicyclic) bond motifs is 2. The molecule has 5 rings (SSSR count). The Hall–Kier alpha value is -3.80. The highest BCUT2D eigenvalue weighted by molar-refractivity contribution is 6.01. The Labute approximate surface area is 179 Å². The Morgan fingerprint density at radius 1 is 1.10 bits per heavy atom. The van der Waals surface area contributed by atoms with E-state index in [9.17, 15) is 9.59 Å². The van der Waals surface area contributed by atoms with Crippen molar-refractivity contribution in [2.24, 2.45) is 0 Å². The number of aromatic nitrogens is 1. The number of H-pyrrole nitrogens is 1. The number of aryl methyl sites for hydroxylation is 1. The minimum Gasteiger partial charge on any atom is -0.467 e. The number of hydrogen-bond donors (Lipinski definition) is 2. The summed E-state index contributed by atoms with van der Waals surface area (Å²) in [5.41, 5.74) is 4.85. The van der Waals surface area contributed by atoms with E-state index in [-0.39, 0.29) is 24.3 Å². The Bertz CT molecular complexity index is 1260. The minimum absolute atomic E-state index is 0.0379. The van der Waals surface area contributed by atoms with Gasteiger partial charge in [-0.1, -0.05) is 36.4 Å². The molecule has 2 amide bonds. The highest BCUT2D eigenvalue weighted by atomic mass is 16.3. The van der Waals surface area contributed by atoms with Crippen LogP contribution in [0.1, 0.15) is 45.4 Å². The van der Waals surface area contributed by atoms with E-state index in [4.69, 9.17) is 4.42 Å². The summed E-state index contributed by atoms with van der Waals surface area (Å²) in [6.07, 6.45) is 1.80. The highest BCUT2D eigenvalue weighted by Crippen LogP contribution is 2.42. The largest absolute Gasteiger partial charge is 0.467 e. The summed E-state index contributed by atoms with van der Waals surface area (Å²) in [6, 6.07) is 19.2. The van der Waals surface area contributed by atoms with Gasteiger partial charge in [0.2, 0.25) is 5.91 Å². The molecule has 0 bridgehead atoms. The van der Waals surface area contributed by atoms with Crippen LogP contribution in [0.4, 0.5) is 0 Å². The molecule has 1 unspecified atom stereocenters. The Balaban J connectivity index is 1.43. The summed E-state index contributed by atoms with van der Waals surface area (Å²) < 4.78 is 5.26. The molecule has 2 aromatic heterocycles. The van der Waals surface area contributed by atoms with Crippen molar-refractivity contribution in [1.29, 1.82) is 0 Å². The molecule has 31 heavy (non-hydrogen) atoms. The maximum absolute atomic E-state index is 13.3. The van der Waals surface area contributed by atoms with Gasteiger partial charge in [-0.05, 0) is 36.8 Å². The van der Waals surface area contributed by atoms with Crippen LogP contribution >= 0.6 is 0 Å². The molecule has 0 fully saturated rings. The molecule has 3 heterocycles. The van der Waals surface area contributed by atoms with Gasteiger partial charge in [0.1, 0.15) is 5.76 Å². The fourth-order valence-corrected chi connectivity index (χ4v) is 4.47. The highest BCUT2D eigenvalue weighted by Gasteiger charge is 2.39. The number of aromatic amines is 1. The molecular formula is C25H23N3O3. The molecular weight excluding hydrogens is 390 g/mol. The molecule has 2 aromatic carbocycles. The number of nitrogens with one attached hydrogen (secondary N) is 2. The summed E-state index contributed by atoms with van der Waals surface area (Å²) in [4.78, 5) is 31.0. The van der Waals surface area contributed by atoms with Crippen molar-refractivity contribution in [3.05, 3.63) is 95.1 Å². The molecule has 1 atom stereocenters. The van der Waals surface area contributed by atoms with Crippen LogP contribution in [0.15, 0.2) is 71.3 Å². The first kappa shape index (κ1) is 19.2. The Morgan fingerprint density at radius 2 is 1.90 bits per heavy atom. The first-order chi connectivity index (χ1) is 15.1. The van der Waals surface area contributed by atoms with E-state index < -0.39 is 0 Å². The quantitative estimate of drug-likeness (QED) is 0.494. The lowest BCUT2D eigenvalue weighted by Crippen LogP contribution is -2.33. The van der Waals surface area contributed by atoms with Crippen molar-refractivity contribution in [3.8, 4) is 0 Å². The van der Waals surface area contributed by atoms with Crippen molar-refractivity contribution in [1.82, 2.24) is 15.2 Å². The number of nitrogens with zero attached hydrogens (tertiary/aromatic N) is 1. The fraction of sp³-hybridized carbons (Fsp3) is 0.200. The SMILES string of the molecule is Cc1[nH]c2ccccc2c1C1c2ccccc2C(=O)N1CCC(=O)NCc1ccco1. The van der Waals surface area contributed by atoms with Crippen LogP contribution in [0.2, 0.25) is 0 Å². The lowest BCUT2D eigenvalue weighted by molar-refractivity contribution is -0.121. The maximum atomic E-state index is 13.3. The first-order valence-corrected chi connectivity index (χ1v) is 10.4. The zero-order valence-electron chi connectivity index (χ0n) is 17.2. The molecule has 6 nitrogen and oxygen atoms in total. The average Bonchev–Trinajstić information content (AvgIpc) is 3.48. The van der Waals surface area contributed by atoms with Gasteiger partial charge in [-0.2, -0.15) is 0 Å². The van der Waals surface area contributed by atoms with Crippen LogP contribution in [0.25, 0.3) is 10.9 Å². The van der Waals surface area contributed by atoms with Crippen molar-refractivity contribution >= 4 is 22.7 Å². The van der Waals surface area contributed by atoms with Crippen molar-refractivity contribution in [2.45, 2.75) is 25.9 Å². The predicted octanol–water partition coefficient (Wildman–Crippen LogP) is 4.32. The summed E-state index contributed by atoms with van der Waals surface area (Å²) in [6.45, 7) is 2.71. The number of furan rings is 1. The standard InChI is InChI=1S/C25H23N3O3/c1-16-23(20-10-4-5-11-21(20)27-16)24-18-8-2-3-9-19(18)25(30)28(24)13-12-22(29)26-15-17-7-6-14-31-17/h2-11,14,24,27H,12-13,15H2,1H3,(H,26,29). The number of hydrogen-bond acceptors (Lipinski definition) is 3. The first-order valence-electron chi connectivity index (χ1n) is 10.4. The summed E-state index contributed by atoms with van der Waals surface area (Å²) >= 11 is 0. The van der Waals surface area contributed by atoms with Crippen LogP contribution in [0.5, 0.6) is 0 Å². The normalized spacial score (nSPS) is 15.5. The van der Waals surface area contributed by atoms with Crippen LogP contribution < -0.4 is 5.32 Å². The van der Waals surface area contributed by atoms with E-state index in [0.29, 0.717) is 24.4 Å². The van der Waals surface area contributed by atoms with E-state index >= 15 is 0 Å². The zero-order chi connectivity index (χ0) is 21.4. The second-order valence-electron chi connectivity index (χ2n) is 7.80. The number of rotatable bonds is 6. The summed E-state index contributed by atoms with van der Waals surface area (Å²) in [5, 5.41) is 3.96. The number of para-hydroxylation sites is 1. The van der Waals surface area contributed by atoms with Gasteiger partial charge in [0.05, 0.1) is 18.8 Å².